The Balaban J connectivity index is 3.02. The molecule has 3 N–H and O–H groups in total. The normalized spacial score (nSPS) is 11.8. The van der Waals surface area contributed by atoms with E-state index in [0.717, 1.165) is 4.47 Å². The van der Waals surface area contributed by atoms with Crippen molar-refractivity contribution in [2.75, 3.05) is 25.1 Å². The molecule has 1 unspecified atom stereocenters. The number of nitrogens with two attached hydrogens (primary N) is 1. The van der Waals surface area contributed by atoms with Gasteiger partial charge < -0.3 is 20.5 Å². The first-order valence-electron chi connectivity index (χ1n) is 6.63. The molecule has 0 radical (unpaired) electrons. The Morgan fingerprint density at radius 1 is 1.30 bits per heavy atom. The van der Waals surface area contributed by atoms with Crippen molar-refractivity contribution in [3.05, 3.63) is 16.6 Å². The predicted octanol–water partition coefficient (Wildman–Crippen LogP) is 2.78. The summed E-state index contributed by atoms with van der Waals surface area (Å²) in [5, 5.41) is 2.83. The summed E-state index contributed by atoms with van der Waals surface area (Å²) < 4.78 is 11.8. The summed E-state index contributed by atoms with van der Waals surface area (Å²) in [4.78, 5) is 11.9. The van der Waals surface area contributed by atoms with Crippen molar-refractivity contribution in [1.29, 1.82) is 0 Å². The summed E-state index contributed by atoms with van der Waals surface area (Å²) in [5.74, 6) is 0.878. The quantitative estimate of drug-likeness (QED) is 0.797. The molecule has 0 aliphatic rings. The van der Waals surface area contributed by atoms with Gasteiger partial charge >= 0.3 is 0 Å². The zero-order chi connectivity index (χ0) is 15.1. The molecule has 0 fully saturated rings. The first-order chi connectivity index (χ1) is 9.53. The average molecular weight is 345 g/mol. The van der Waals surface area contributed by atoms with Crippen molar-refractivity contribution in [3.8, 4) is 11.5 Å². The largest absolute Gasteiger partial charge is 0.490 e. The molecule has 1 atom stereocenters. The van der Waals surface area contributed by atoms with Crippen LogP contribution in [0, 0.1) is 5.92 Å². The van der Waals surface area contributed by atoms with Crippen LogP contribution in [0.5, 0.6) is 11.5 Å². The van der Waals surface area contributed by atoms with Crippen molar-refractivity contribution < 1.29 is 14.3 Å². The maximum atomic E-state index is 11.9. The molecule has 1 aromatic carbocycles. The number of amides is 1. The summed E-state index contributed by atoms with van der Waals surface area (Å²) in [6.45, 7) is 6.95. The van der Waals surface area contributed by atoms with Crippen molar-refractivity contribution in [2.24, 2.45) is 11.7 Å². The van der Waals surface area contributed by atoms with Crippen LogP contribution in [0.25, 0.3) is 0 Å². The molecule has 1 aromatic rings. The lowest BCUT2D eigenvalue weighted by Crippen LogP contribution is -2.26. The van der Waals surface area contributed by atoms with Gasteiger partial charge in [-0.2, -0.15) is 0 Å². The number of nitrogens with one attached hydrogen (secondary N) is 1. The molecule has 1 rings (SSSR count). The fraction of sp³-hybridized carbons (Fsp3) is 0.500. The number of benzene rings is 1. The highest BCUT2D eigenvalue weighted by Gasteiger charge is 2.15. The van der Waals surface area contributed by atoms with E-state index in [1.807, 2.05) is 13.8 Å². The van der Waals surface area contributed by atoms with Crippen molar-refractivity contribution in [2.45, 2.75) is 20.8 Å². The molecule has 0 aliphatic heterocycles. The number of hydrogen-bond donors (Lipinski definition) is 2. The van der Waals surface area contributed by atoms with Gasteiger partial charge in [-0.3, -0.25) is 4.79 Å². The van der Waals surface area contributed by atoms with E-state index < -0.39 is 0 Å². The van der Waals surface area contributed by atoms with E-state index >= 15 is 0 Å². The second-order valence-corrected chi connectivity index (χ2v) is 5.13. The fourth-order valence-corrected chi connectivity index (χ4v) is 1.95. The van der Waals surface area contributed by atoms with Crippen molar-refractivity contribution >= 4 is 27.5 Å². The SMILES string of the molecule is CCOc1cc(Br)c(NC(=O)C(C)CN)cc1OCC. The van der Waals surface area contributed by atoms with Crippen LogP contribution in [0.3, 0.4) is 0 Å². The number of anilines is 1. The van der Waals surface area contributed by atoms with Crippen molar-refractivity contribution in [1.82, 2.24) is 0 Å². The lowest BCUT2D eigenvalue weighted by Gasteiger charge is -2.16. The highest BCUT2D eigenvalue weighted by atomic mass is 79.9. The van der Waals surface area contributed by atoms with E-state index in [0.29, 0.717) is 36.9 Å². The molecule has 0 saturated heterocycles. The summed E-state index contributed by atoms with van der Waals surface area (Å²) >= 11 is 3.42. The maximum absolute atomic E-state index is 11.9. The van der Waals surface area contributed by atoms with E-state index in [2.05, 4.69) is 21.2 Å². The van der Waals surface area contributed by atoms with E-state index in [1.165, 1.54) is 0 Å². The maximum Gasteiger partial charge on any atom is 0.228 e. The first-order valence-corrected chi connectivity index (χ1v) is 7.42. The van der Waals surface area contributed by atoms with Crippen LogP contribution in [0.2, 0.25) is 0 Å². The average Bonchev–Trinajstić information content (AvgIpc) is 2.43. The van der Waals surface area contributed by atoms with Gasteiger partial charge in [-0.05, 0) is 29.8 Å². The minimum Gasteiger partial charge on any atom is -0.490 e. The third kappa shape index (κ3) is 4.38. The van der Waals surface area contributed by atoms with Crippen LogP contribution in [-0.4, -0.2) is 25.7 Å². The first kappa shape index (κ1) is 16.8. The summed E-state index contributed by atoms with van der Waals surface area (Å²) in [6.07, 6.45) is 0. The summed E-state index contributed by atoms with van der Waals surface area (Å²) in [5.41, 5.74) is 6.13. The van der Waals surface area contributed by atoms with Crippen LogP contribution in [0.1, 0.15) is 20.8 Å². The van der Waals surface area contributed by atoms with E-state index in [4.69, 9.17) is 15.2 Å². The number of carbonyl (C=O) groups is 1. The molecule has 112 valence electrons. The third-order valence-electron chi connectivity index (χ3n) is 2.69. The van der Waals surface area contributed by atoms with Crippen LogP contribution < -0.4 is 20.5 Å². The predicted molar refractivity (Wildman–Crippen MR) is 83.3 cm³/mol. The molecular weight excluding hydrogens is 324 g/mol. The van der Waals surface area contributed by atoms with E-state index in [-0.39, 0.29) is 11.8 Å². The Kier molecular flexibility index (Phi) is 6.81. The summed E-state index contributed by atoms with van der Waals surface area (Å²) in [6, 6.07) is 3.54. The van der Waals surface area contributed by atoms with Gasteiger partial charge in [0.2, 0.25) is 5.91 Å². The molecule has 0 aliphatic carbocycles. The zero-order valence-corrected chi connectivity index (χ0v) is 13.6. The lowest BCUT2D eigenvalue weighted by molar-refractivity contribution is -0.119. The molecule has 0 aromatic heterocycles. The Hall–Kier alpha value is -1.27. The number of hydrogen-bond acceptors (Lipinski definition) is 4. The number of ether oxygens (including phenoxy) is 2. The fourth-order valence-electron chi connectivity index (χ4n) is 1.53. The third-order valence-corrected chi connectivity index (χ3v) is 3.35. The minimum atomic E-state index is -0.246. The number of halogens is 1. The molecule has 0 bridgehead atoms. The van der Waals surface area contributed by atoms with Crippen LogP contribution in [0.15, 0.2) is 16.6 Å². The highest BCUT2D eigenvalue weighted by Crippen LogP contribution is 2.36. The molecule has 20 heavy (non-hydrogen) atoms. The lowest BCUT2D eigenvalue weighted by atomic mass is 10.1. The Morgan fingerprint density at radius 3 is 2.35 bits per heavy atom. The molecule has 6 heteroatoms. The monoisotopic (exact) mass is 344 g/mol. The Morgan fingerprint density at radius 2 is 1.85 bits per heavy atom. The van der Waals surface area contributed by atoms with Gasteiger partial charge in [-0.1, -0.05) is 6.92 Å². The van der Waals surface area contributed by atoms with Gasteiger partial charge in [0.15, 0.2) is 11.5 Å². The van der Waals surface area contributed by atoms with Gasteiger partial charge in [-0.15, -0.1) is 0 Å². The second kappa shape index (κ2) is 8.11. The van der Waals surface area contributed by atoms with E-state index in [9.17, 15) is 4.79 Å². The topological polar surface area (TPSA) is 73.6 Å². The number of carbonyl (C=O) groups excluding carboxylic acids is 1. The minimum absolute atomic E-state index is 0.125. The van der Waals surface area contributed by atoms with Crippen LogP contribution in [-0.2, 0) is 4.79 Å². The second-order valence-electron chi connectivity index (χ2n) is 4.27. The van der Waals surface area contributed by atoms with Gasteiger partial charge in [0, 0.05) is 29.1 Å². The molecule has 0 saturated carbocycles. The Bertz CT molecular complexity index is 466. The van der Waals surface area contributed by atoms with Crippen LogP contribution >= 0.6 is 15.9 Å². The number of rotatable bonds is 7. The van der Waals surface area contributed by atoms with Gasteiger partial charge in [0.1, 0.15) is 0 Å². The standard InChI is InChI=1S/C14H21BrN2O3/c1-4-19-12-6-10(15)11(7-13(12)20-5-2)17-14(18)9(3)8-16/h6-7,9H,4-5,8,16H2,1-3H3,(H,17,18). The van der Waals surface area contributed by atoms with Crippen LogP contribution in [0.4, 0.5) is 5.69 Å². The smallest absolute Gasteiger partial charge is 0.228 e. The highest BCUT2D eigenvalue weighted by molar-refractivity contribution is 9.10. The van der Waals surface area contributed by atoms with Crippen molar-refractivity contribution in [3.63, 3.8) is 0 Å². The molecule has 5 nitrogen and oxygen atoms in total. The molecule has 0 spiro atoms. The molecule has 0 heterocycles. The van der Waals surface area contributed by atoms with Gasteiger partial charge in [-0.25, -0.2) is 0 Å². The molecule has 1 amide bonds. The Labute approximate surface area is 127 Å². The summed E-state index contributed by atoms with van der Waals surface area (Å²) in [7, 11) is 0. The van der Waals surface area contributed by atoms with E-state index in [1.54, 1.807) is 19.1 Å². The van der Waals surface area contributed by atoms with Gasteiger partial charge in [0.25, 0.3) is 0 Å². The molecular formula is C14H21BrN2O3. The zero-order valence-electron chi connectivity index (χ0n) is 12.0. The van der Waals surface area contributed by atoms with Gasteiger partial charge in [0.05, 0.1) is 18.9 Å².